The minimum absolute atomic E-state index is 0. The maximum Gasteiger partial charge on any atom is 0.214 e. The van der Waals surface area contributed by atoms with Crippen molar-refractivity contribution in [3.8, 4) is 0 Å². The van der Waals surface area contributed by atoms with Crippen molar-refractivity contribution in [1.29, 1.82) is 0 Å². The molecule has 1 aromatic rings. The molecule has 6 nitrogen and oxygen atoms in total. The second kappa shape index (κ2) is 7.38. The van der Waals surface area contributed by atoms with Crippen LogP contribution in [0.2, 0.25) is 0 Å². The average molecular weight is 436 g/mol. The molecule has 132 valence electrons. The van der Waals surface area contributed by atoms with E-state index in [1.165, 1.54) is 0 Å². The lowest BCUT2D eigenvalue weighted by atomic mass is 9.56. The van der Waals surface area contributed by atoms with Gasteiger partial charge in [0, 0.05) is 25.6 Å². The summed E-state index contributed by atoms with van der Waals surface area (Å²) in [6, 6.07) is 0.316. The molecule has 2 unspecified atom stereocenters. The van der Waals surface area contributed by atoms with Crippen LogP contribution in [0, 0.1) is 19.3 Å². The summed E-state index contributed by atoms with van der Waals surface area (Å²) in [4.78, 5) is 8.64. The zero-order valence-electron chi connectivity index (χ0n) is 15.1. The molecule has 0 aromatic carbocycles. The minimum Gasteiger partial charge on any atom is -0.444 e. The Morgan fingerprint density at radius 1 is 1.39 bits per heavy atom. The van der Waals surface area contributed by atoms with Crippen LogP contribution in [0.25, 0.3) is 0 Å². The van der Waals surface area contributed by atoms with Crippen LogP contribution in [0.5, 0.6) is 0 Å². The van der Waals surface area contributed by atoms with Crippen LogP contribution >= 0.6 is 24.0 Å². The zero-order chi connectivity index (χ0) is 16.5. The fourth-order valence-corrected chi connectivity index (χ4v) is 2.86. The van der Waals surface area contributed by atoms with Gasteiger partial charge in [-0.2, -0.15) is 0 Å². The van der Waals surface area contributed by atoms with E-state index in [1.807, 2.05) is 13.8 Å². The van der Waals surface area contributed by atoms with Gasteiger partial charge in [-0.1, -0.05) is 13.8 Å². The summed E-state index contributed by atoms with van der Waals surface area (Å²) in [7, 11) is 3.54. The fraction of sp³-hybridized carbons (Fsp3) is 0.750. The van der Waals surface area contributed by atoms with Gasteiger partial charge in [-0.15, -0.1) is 24.0 Å². The number of oxazole rings is 1. The topological polar surface area (TPSA) is 71.7 Å². The normalized spacial score (nSPS) is 26.2. The van der Waals surface area contributed by atoms with Gasteiger partial charge in [0.05, 0.1) is 17.8 Å². The van der Waals surface area contributed by atoms with E-state index in [-0.39, 0.29) is 35.0 Å². The van der Waals surface area contributed by atoms with Crippen molar-refractivity contribution in [2.24, 2.45) is 10.4 Å². The van der Waals surface area contributed by atoms with Crippen LogP contribution in [0.1, 0.15) is 44.5 Å². The third kappa shape index (κ3) is 3.81. The molecule has 0 aliphatic heterocycles. The summed E-state index contributed by atoms with van der Waals surface area (Å²) >= 11 is 0. The fourth-order valence-electron chi connectivity index (χ4n) is 2.86. The molecule has 23 heavy (non-hydrogen) atoms. The highest BCUT2D eigenvalue weighted by atomic mass is 127. The minimum atomic E-state index is -0.0969. The van der Waals surface area contributed by atoms with E-state index >= 15 is 0 Å². The lowest BCUT2D eigenvalue weighted by molar-refractivity contribution is -0.176. The standard InChI is InChI=1S/C16H28N4O2.HI/c1-10-11(2)22-13(19-10)9-18-14(17-6)20-12-8-16(5,21-7)15(12,3)4;/h12H,8-9H2,1-7H3,(H2,17,18,20);1H. The number of hydrogen-bond acceptors (Lipinski definition) is 4. The predicted molar refractivity (Wildman–Crippen MR) is 102 cm³/mol. The highest BCUT2D eigenvalue weighted by molar-refractivity contribution is 14.0. The lowest BCUT2D eigenvalue weighted by Gasteiger charge is -2.59. The summed E-state index contributed by atoms with van der Waals surface area (Å²) in [5.41, 5.74) is 0.867. The number of nitrogens with zero attached hydrogens (tertiary/aromatic N) is 2. The second-order valence-electron chi connectivity index (χ2n) is 6.73. The molecule has 0 amide bonds. The zero-order valence-corrected chi connectivity index (χ0v) is 17.4. The van der Waals surface area contributed by atoms with Crippen LogP contribution in [-0.4, -0.2) is 36.7 Å². The van der Waals surface area contributed by atoms with Gasteiger partial charge in [-0.25, -0.2) is 4.98 Å². The first-order valence-corrected chi connectivity index (χ1v) is 7.68. The molecule has 0 spiro atoms. The smallest absolute Gasteiger partial charge is 0.214 e. The molecule has 7 heteroatoms. The molecule has 2 N–H and O–H groups in total. The third-order valence-electron chi connectivity index (χ3n) is 5.29. The average Bonchev–Trinajstić information content (AvgIpc) is 2.80. The number of ether oxygens (including phenoxy) is 1. The Labute approximate surface area is 155 Å². The van der Waals surface area contributed by atoms with Crippen LogP contribution in [0.3, 0.4) is 0 Å². The predicted octanol–water partition coefficient (Wildman–Crippen LogP) is 2.78. The van der Waals surface area contributed by atoms with Crippen molar-refractivity contribution < 1.29 is 9.15 Å². The molecule has 2 rings (SSSR count). The van der Waals surface area contributed by atoms with Gasteiger partial charge in [0.15, 0.2) is 5.96 Å². The Hall–Kier alpha value is -0.830. The van der Waals surface area contributed by atoms with Crippen molar-refractivity contribution in [3.05, 3.63) is 17.3 Å². The Balaban J connectivity index is 0.00000264. The SMILES string of the molecule is CN=C(NCc1nc(C)c(C)o1)NC1CC(C)(OC)C1(C)C.I. The second-order valence-corrected chi connectivity index (χ2v) is 6.73. The van der Waals surface area contributed by atoms with Gasteiger partial charge >= 0.3 is 0 Å². The highest BCUT2D eigenvalue weighted by Gasteiger charge is 2.58. The molecule has 1 fully saturated rings. The highest BCUT2D eigenvalue weighted by Crippen LogP contribution is 2.51. The molecule has 1 aliphatic rings. The molecule has 0 radical (unpaired) electrons. The van der Waals surface area contributed by atoms with Crippen LogP contribution in [0.4, 0.5) is 0 Å². The van der Waals surface area contributed by atoms with E-state index in [0.29, 0.717) is 18.5 Å². The Morgan fingerprint density at radius 2 is 2.04 bits per heavy atom. The first kappa shape index (κ1) is 20.2. The van der Waals surface area contributed by atoms with Crippen LogP contribution in [-0.2, 0) is 11.3 Å². The van der Waals surface area contributed by atoms with Crippen LogP contribution in [0.15, 0.2) is 9.41 Å². The Morgan fingerprint density at radius 3 is 2.48 bits per heavy atom. The van der Waals surface area contributed by atoms with E-state index in [1.54, 1.807) is 14.2 Å². The van der Waals surface area contributed by atoms with Crippen molar-refractivity contribution >= 4 is 29.9 Å². The van der Waals surface area contributed by atoms with Gasteiger partial charge in [-0.05, 0) is 27.2 Å². The molecule has 1 aromatic heterocycles. The van der Waals surface area contributed by atoms with E-state index in [0.717, 1.165) is 23.8 Å². The number of guanidine groups is 1. The molecule has 0 bridgehead atoms. The molecule has 1 aliphatic carbocycles. The van der Waals surface area contributed by atoms with Crippen molar-refractivity contribution in [2.75, 3.05) is 14.2 Å². The number of methoxy groups -OCH3 is 1. The van der Waals surface area contributed by atoms with E-state index < -0.39 is 0 Å². The largest absolute Gasteiger partial charge is 0.444 e. The third-order valence-corrected chi connectivity index (χ3v) is 5.29. The van der Waals surface area contributed by atoms with Gasteiger partial charge in [0.2, 0.25) is 5.89 Å². The first-order chi connectivity index (χ1) is 10.2. The monoisotopic (exact) mass is 436 g/mol. The van der Waals surface area contributed by atoms with Crippen molar-refractivity contribution in [3.63, 3.8) is 0 Å². The molecular formula is C16H29IN4O2. The lowest BCUT2D eigenvalue weighted by Crippen LogP contribution is -2.69. The first-order valence-electron chi connectivity index (χ1n) is 7.68. The maximum atomic E-state index is 5.65. The molecule has 1 saturated carbocycles. The number of rotatable bonds is 4. The number of hydrogen-bond donors (Lipinski definition) is 2. The molecule has 0 saturated heterocycles. The van der Waals surface area contributed by atoms with Gasteiger partial charge < -0.3 is 19.8 Å². The molecule has 1 heterocycles. The van der Waals surface area contributed by atoms with Crippen molar-refractivity contribution in [2.45, 2.75) is 59.2 Å². The quantitative estimate of drug-likeness (QED) is 0.432. The summed E-state index contributed by atoms with van der Waals surface area (Å²) in [6.07, 6.45) is 0.953. The molecule has 2 atom stereocenters. The number of aryl methyl sites for hydroxylation is 2. The summed E-state index contributed by atoms with van der Waals surface area (Å²) in [5.74, 6) is 2.29. The van der Waals surface area contributed by atoms with Gasteiger partial charge in [0.1, 0.15) is 5.76 Å². The van der Waals surface area contributed by atoms with E-state index in [9.17, 15) is 0 Å². The summed E-state index contributed by atoms with van der Waals surface area (Å²) in [5, 5.41) is 6.71. The van der Waals surface area contributed by atoms with Crippen molar-refractivity contribution in [1.82, 2.24) is 15.6 Å². The summed E-state index contributed by atoms with van der Waals surface area (Å²) in [6.45, 7) is 11.0. The number of aromatic nitrogens is 1. The number of nitrogens with one attached hydrogen (secondary N) is 2. The van der Waals surface area contributed by atoms with E-state index in [4.69, 9.17) is 9.15 Å². The maximum absolute atomic E-state index is 5.65. The summed E-state index contributed by atoms with van der Waals surface area (Å²) < 4.78 is 11.2. The van der Waals surface area contributed by atoms with Crippen LogP contribution < -0.4 is 10.6 Å². The van der Waals surface area contributed by atoms with Gasteiger partial charge in [-0.3, -0.25) is 4.99 Å². The Kier molecular flexibility index (Phi) is 6.48. The Bertz CT molecular complexity index is 551. The van der Waals surface area contributed by atoms with Gasteiger partial charge in [0.25, 0.3) is 0 Å². The number of aliphatic imine (C=N–C) groups is 1. The van der Waals surface area contributed by atoms with E-state index in [2.05, 4.69) is 41.4 Å². The number of halogens is 1. The molecular weight excluding hydrogens is 407 g/mol.